The predicted molar refractivity (Wildman–Crippen MR) is 72.2 cm³/mol. The standard InChI is InChI=1S/C15H26N2O/c1-3-14(2)11-15(12-16,9-10-18-14)17-13-7-5-4-6-8-13/h13,17H,3-11H2,1-2H3. The van der Waals surface area contributed by atoms with Gasteiger partial charge in [-0.15, -0.1) is 0 Å². The van der Waals surface area contributed by atoms with Crippen LogP contribution in [0.5, 0.6) is 0 Å². The molecule has 0 bridgehead atoms. The van der Waals surface area contributed by atoms with Gasteiger partial charge in [-0.2, -0.15) is 5.26 Å². The molecule has 1 aliphatic heterocycles. The van der Waals surface area contributed by atoms with Gasteiger partial charge in [-0.3, -0.25) is 5.32 Å². The Morgan fingerprint density at radius 2 is 2.06 bits per heavy atom. The molecule has 1 N–H and O–H groups in total. The van der Waals surface area contributed by atoms with E-state index in [1.807, 2.05) is 0 Å². The molecule has 0 spiro atoms. The molecule has 102 valence electrons. The Bertz CT molecular complexity index is 319. The molecule has 0 radical (unpaired) electrons. The van der Waals surface area contributed by atoms with Crippen LogP contribution in [-0.4, -0.2) is 23.8 Å². The van der Waals surface area contributed by atoms with Gasteiger partial charge in [0.25, 0.3) is 0 Å². The van der Waals surface area contributed by atoms with Crippen LogP contribution in [0.2, 0.25) is 0 Å². The summed E-state index contributed by atoms with van der Waals surface area (Å²) in [5, 5.41) is 13.3. The summed E-state index contributed by atoms with van der Waals surface area (Å²) >= 11 is 0. The summed E-state index contributed by atoms with van der Waals surface area (Å²) in [7, 11) is 0. The van der Waals surface area contributed by atoms with Gasteiger partial charge in [0.2, 0.25) is 0 Å². The molecule has 0 aromatic carbocycles. The summed E-state index contributed by atoms with van der Waals surface area (Å²) in [6.07, 6.45) is 9.05. The number of hydrogen-bond acceptors (Lipinski definition) is 3. The van der Waals surface area contributed by atoms with Gasteiger partial charge in [-0.05, 0) is 26.2 Å². The maximum Gasteiger partial charge on any atom is 0.111 e. The molecule has 2 rings (SSSR count). The smallest absolute Gasteiger partial charge is 0.111 e. The van der Waals surface area contributed by atoms with Crippen molar-refractivity contribution in [3.8, 4) is 6.07 Å². The van der Waals surface area contributed by atoms with Crippen molar-refractivity contribution in [2.45, 2.75) is 82.4 Å². The first-order valence-electron chi connectivity index (χ1n) is 7.44. The lowest BCUT2D eigenvalue weighted by molar-refractivity contribution is -0.0924. The minimum absolute atomic E-state index is 0.129. The van der Waals surface area contributed by atoms with E-state index in [1.165, 1.54) is 32.1 Å². The molecular formula is C15H26N2O. The molecule has 2 fully saturated rings. The fourth-order valence-corrected chi connectivity index (χ4v) is 3.37. The van der Waals surface area contributed by atoms with Crippen LogP contribution >= 0.6 is 0 Å². The Balaban J connectivity index is 2.03. The lowest BCUT2D eigenvalue weighted by atomic mass is 9.79. The van der Waals surface area contributed by atoms with Gasteiger partial charge in [0.15, 0.2) is 0 Å². The molecule has 0 aromatic heterocycles. The molecule has 2 atom stereocenters. The molecular weight excluding hydrogens is 224 g/mol. The van der Waals surface area contributed by atoms with Gasteiger partial charge in [-0.1, -0.05) is 26.2 Å². The van der Waals surface area contributed by atoms with Crippen molar-refractivity contribution in [3.63, 3.8) is 0 Å². The van der Waals surface area contributed by atoms with E-state index < -0.39 is 0 Å². The number of nitrogens with one attached hydrogen (secondary N) is 1. The van der Waals surface area contributed by atoms with Crippen LogP contribution in [0, 0.1) is 11.3 Å². The van der Waals surface area contributed by atoms with E-state index in [2.05, 4.69) is 25.2 Å². The normalized spacial score (nSPS) is 38.3. The highest BCUT2D eigenvalue weighted by Crippen LogP contribution is 2.35. The Hall–Kier alpha value is -0.590. The summed E-state index contributed by atoms with van der Waals surface area (Å²) in [5.41, 5.74) is -0.485. The first-order valence-corrected chi connectivity index (χ1v) is 7.44. The summed E-state index contributed by atoms with van der Waals surface area (Å²) in [5.74, 6) is 0. The van der Waals surface area contributed by atoms with Gasteiger partial charge in [0, 0.05) is 18.9 Å². The minimum Gasteiger partial charge on any atom is -0.375 e. The van der Waals surface area contributed by atoms with Crippen LogP contribution in [0.3, 0.4) is 0 Å². The molecule has 1 saturated carbocycles. The summed E-state index contributed by atoms with van der Waals surface area (Å²) < 4.78 is 5.87. The zero-order valence-electron chi connectivity index (χ0n) is 11.8. The zero-order chi connectivity index (χ0) is 13.1. The van der Waals surface area contributed by atoms with Crippen molar-refractivity contribution in [3.05, 3.63) is 0 Å². The van der Waals surface area contributed by atoms with Gasteiger partial charge in [0.1, 0.15) is 5.54 Å². The summed E-state index contributed by atoms with van der Waals surface area (Å²) in [6, 6.07) is 3.10. The summed E-state index contributed by atoms with van der Waals surface area (Å²) in [4.78, 5) is 0. The van der Waals surface area contributed by atoms with Gasteiger partial charge in [0.05, 0.1) is 18.3 Å². The second-order valence-corrected chi connectivity index (χ2v) is 6.25. The molecule has 1 heterocycles. The molecule has 0 amide bonds. The number of rotatable bonds is 3. The zero-order valence-corrected chi connectivity index (χ0v) is 11.8. The second-order valence-electron chi connectivity index (χ2n) is 6.25. The van der Waals surface area contributed by atoms with Crippen molar-refractivity contribution >= 4 is 0 Å². The van der Waals surface area contributed by atoms with Gasteiger partial charge >= 0.3 is 0 Å². The number of nitriles is 1. The van der Waals surface area contributed by atoms with E-state index in [9.17, 15) is 5.26 Å². The lowest BCUT2D eigenvalue weighted by Crippen LogP contribution is -2.57. The van der Waals surface area contributed by atoms with E-state index in [0.29, 0.717) is 12.6 Å². The van der Waals surface area contributed by atoms with Crippen molar-refractivity contribution in [1.29, 1.82) is 5.26 Å². The van der Waals surface area contributed by atoms with Crippen LogP contribution in [0.25, 0.3) is 0 Å². The number of ether oxygens (including phenoxy) is 1. The maximum absolute atomic E-state index is 9.63. The average molecular weight is 250 g/mol. The third kappa shape index (κ3) is 3.05. The fourth-order valence-electron chi connectivity index (χ4n) is 3.37. The Labute approximate surface area is 111 Å². The molecule has 0 aromatic rings. The largest absolute Gasteiger partial charge is 0.375 e. The highest BCUT2D eigenvalue weighted by molar-refractivity contribution is 5.13. The molecule has 2 aliphatic rings. The van der Waals surface area contributed by atoms with E-state index in [-0.39, 0.29) is 11.1 Å². The van der Waals surface area contributed by atoms with Crippen LogP contribution in [0.4, 0.5) is 0 Å². The Kier molecular flexibility index (Phi) is 4.29. The lowest BCUT2D eigenvalue weighted by Gasteiger charge is -2.44. The second kappa shape index (κ2) is 5.59. The SMILES string of the molecule is CCC1(C)CC(C#N)(NC2CCCCC2)CCO1. The van der Waals surface area contributed by atoms with Gasteiger partial charge < -0.3 is 4.74 Å². The highest BCUT2D eigenvalue weighted by atomic mass is 16.5. The Morgan fingerprint density at radius 3 is 2.67 bits per heavy atom. The molecule has 1 aliphatic carbocycles. The first kappa shape index (κ1) is 13.8. The van der Waals surface area contributed by atoms with Crippen molar-refractivity contribution in [1.82, 2.24) is 5.32 Å². The quantitative estimate of drug-likeness (QED) is 0.837. The highest BCUT2D eigenvalue weighted by Gasteiger charge is 2.43. The molecule has 18 heavy (non-hydrogen) atoms. The van der Waals surface area contributed by atoms with E-state index >= 15 is 0 Å². The predicted octanol–water partition coefficient (Wildman–Crippen LogP) is 3.15. The van der Waals surface area contributed by atoms with Crippen LogP contribution in [-0.2, 0) is 4.74 Å². The summed E-state index contributed by atoms with van der Waals surface area (Å²) in [6.45, 7) is 4.99. The topological polar surface area (TPSA) is 45.0 Å². The van der Waals surface area contributed by atoms with E-state index in [4.69, 9.17) is 4.74 Å². The molecule has 2 unspecified atom stereocenters. The molecule has 1 saturated heterocycles. The van der Waals surface area contributed by atoms with Crippen molar-refractivity contribution < 1.29 is 4.74 Å². The maximum atomic E-state index is 9.63. The van der Waals surface area contributed by atoms with Crippen LogP contribution in [0.1, 0.15) is 65.2 Å². The minimum atomic E-state index is -0.356. The van der Waals surface area contributed by atoms with Gasteiger partial charge in [-0.25, -0.2) is 0 Å². The number of hydrogen-bond donors (Lipinski definition) is 1. The monoisotopic (exact) mass is 250 g/mol. The van der Waals surface area contributed by atoms with E-state index in [0.717, 1.165) is 19.3 Å². The van der Waals surface area contributed by atoms with E-state index in [1.54, 1.807) is 0 Å². The third-order valence-corrected chi connectivity index (χ3v) is 4.70. The first-order chi connectivity index (χ1) is 8.61. The van der Waals surface area contributed by atoms with Crippen LogP contribution in [0.15, 0.2) is 0 Å². The third-order valence-electron chi connectivity index (χ3n) is 4.70. The van der Waals surface area contributed by atoms with Crippen molar-refractivity contribution in [2.24, 2.45) is 0 Å². The van der Waals surface area contributed by atoms with Crippen LogP contribution < -0.4 is 5.32 Å². The molecule has 3 nitrogen and oxygen atoms in total. The van der Waals surface area contributed by atoms with Crippen molar-refractivity contribution in [2.75, 3.05) is 6.61 Å². The Morgan fingerprint density at radius 1 is 1.33 bits per heavy atom. The molecule has 3 heteroatoms. The number of nitrogens with zero attached hydrogens (tertiary/aromatic N) is 1. The average Bonchev–Trinajstić information content (AvgIpc) is 2.40. The fraction of sp³-hybridized carbons (Fsp3) is 0.933.